The predicted molar refractivity (Wildman–Crippen MR) is 73.3 cm³/mol. The second-order valence-corrected chi connectivity index (χ2v) is 4.32. The molecule has 1 N–H and O–H groups in total. The first-order chi connectivity index (χ1) is 9.56. The van der Waals surface area contributed by atoms with Crippen molar-refractivity contribution in [3.63, 3.8) is 0 Å². The summed E-state index contributed by atoms with van der Waals surface area (Å²) in [5.74, 6) is -0.765. The Labute approximate surface area is 116 Å². The van der Waals surface area contributed by atoms with Gasteiger partial charge in [-0.25, -0.2) is 8.78 Å². The summed E-state index contributed by atoms with van der Waals surface area (Å²) in [4.78, 5) is 1.41. The van der Waals surface area contributed by atoms with E-state index in [2.05, 4.69) is 0 Å². The standard InChI is InChI=1S/C15H15F2NO2/c1-18(11-3-5-12(20-2)6-4-11)15-13(16)7-10(9-19)8-14(15)17/h3-8,19H,9H2,1-2H3. The molecule has 5 heteroatoms. The molecule has 2 aromatic rings. The molecule has 20 heavy (non-hydrogen) atoms. The minimum absolute atomic E-state index is 0.160. The van der Waals surface area contributed by atoms with Crippen LogP contribution in [-0.4, -0.2) is 19.3 Å². The van der Waals surface area contributed by atoms with E-state index < -0.39 is 18.2 Å². The van der Waals surface area contributed by atoms with Crippen molar-refractivity contribution in [1.29, 1.82) is 0 Å². The van der Waals surface area contributed by atoms with Gasteiger partial charge in [-0.15, -0.1) is 0 Å². The monoisotopic (exact) mass is 279 g/mol. The number of benzene rings is 2. The summed E-state index contributed by atoms with van der Waals surface area (Å²) in [6.45, 7) is -0.402. The lowest BCUT2D eigenvalue weighted by Gasteiger charge is -2.21. The summed E-state index contributed by atoms with van der Waals surface area (Å²) in [5, 5.41) is 8.93. The van der Waals surface area contributed by atoms with Gasteiger partial charge in [0, 0.05) is 12.7 Å². The van der Waals surface area contributed by atoms with E-state index in [1.807, 2.05) is 0 Å². The second-order valence-electron chi connectivity index (χ2n) is 4.32. The zero-order valence-electron chi connectivity index (χ0n) is 11.2. The molecule has 0 aliphatic heterocycles. The fourth-order valence-electron chi connectivity index (χ4n) is 1.96. The Bertz CT molecular complexity index is 576. The summed E-state index contributed by atoms with van der Waals surface area (Å²) < 4.78 is 33.0. The third-order valence-electron chi connectivity index (χ3n) is 3.05. The van der Waals surface area contributed by atoms with Crippen molar-refractivity contribution >= 4 is 11.4 Å². The van der Waals surface area contributed by atoms with Gasteiger partial charge in [0.1, 0.15) is 23.1 Å². The van der Waals surface area contributed by atoms with Crippen molar-refractivity contribution in [1.82, 2.24) is 0 Å². The van der Waals surface area contributed by atoms with E-state index in [9.17, 15) is 8.78 Å². The molecule has 2 aromatic carbocycles. The molecular weight excluding hydrogens is 264 g/mol. The highest BCUT2D eigenvalue weighted by Gasteiger charge is 2.16. The Morgan fingerprint density at radius 2 is 1.65 bits per heavy atom. The molecule has 0 amide bonds. The van der Waals surface area contributed by atoms with E-state index >= 15 is 0 Å². The molecule has 0 aliphatic rings. The fourth-order valence-corrected chi connectivity index (χ4v) is 1.96. The first-order valence-electron chi connectivity index (χ1n) is 6.03. The van der Waals surface area contributed by atoms with Crippen LogP contribution in [0.5, 0.6) is 5.75 Å². The number of methoxy groups -OCH3 is 1. The van der Waals surface area contributed by atoms with Crippen LogP contribution >= 0.6 is 0 Å². The van der Waals surface area contributed by atoms with Crippen LogP contribution < -0.4 is 9.64 Å². The zero-order valence-corrected chi connectivity index (χ0v) is 11.2. The lowest BCUT2D eigenvalue weighted by Crippen LogP contribution is -2.13. The predicted octanol–water partition coefficient (Wildman–Crippen LogP) is 3.23. The van der Waals surface area contributed by atoms with Crippen LogP contribution in [0.15, 0.2) is 36.4 Å². The summed E-state index contributed by atoms with van der Waals surface area (Å²) in [6, 6.07) is 9.08. The Kier molecular flexibility index (Phi) is 4.20. The molecule has 0 radical (unpaired) electrons. The molecule has 3 nitrogen and oxygen atoms in total. The number of ether oxygens (including phenoxy) is 1. The van der Waals surface area contributed by atoms with E-state index in [4.69, 9.17) is 9.84 Å². The van der Waals surface area contributed by atoms with Crippen LogP contribution in [0.2, 0.25) is 0 Å². The van der Waals surface area contributed by atoms with Crippen LogP contribution in [0, 0.1) is 11.6 Å². The van der Waals surface area contributed by atoms with Gasteiger partial charge in [-0.2, -0.15) is 0 Å². The molecule has 2 rings (SSSR count). The van der Waals surface area contributed by atoms with Crippen LogP contribution in [0.3, 0.4) is 0 Å². The molecule has 0 spiro atoms. The smallest absolute Gasteiger partial charge is 0.150 e. The van der Waals surface area contributed by atoms with Gasteiger partial charge in [-0.3, -0.25) is 0 Å². The zero-order chi connectivity index (χ0) is 14.7. The molecule has 0 aromatic heterocycles. The van der Waals surface area contributed by atoms with Crippen molar-refractivity contribution < 1.29 is 18.6 Å². The minimum Gasteiger partial charge on any atom is -0.497 e. The van der Waals surface area contributed by atoms with Crippen molar-refractivity contribution in [2.45, 2.75) is 6.61 Å². The van der Waals surface area contributed by atoms with Gasteiger partial charge in [0.05, 0.1) is 13.7 Å². The van der Waals surface area contributed by atoms with Crippen molar-refractivity contribution in [3.8, 4) is 5.75 Å². The van der Waals surface area contributed by atoms with Crippen LogP contribution in [0.25, 0.3) is 0 Å². The number of aliphatic hydroxyl groups excluding tert-OH is 1. The molecule has 0 fully saturated rings. The highest BCUT2D eigenvalue weighted by Crippen LogP contribution is 2.30. The molecule has 0 bridgehead atoms. The topological polar surface area (TPSA) is 32.7 Å². The van der Waals surface area contributed by atoms with E-state index in [0.29, 0.717) is 11.4 Å². The molecule has 0 unspecified atom stereocenters. The van der Waals surface area contributed by atoms with Gasteiger partial charge in [-0.05, 0) is 42.0 Å². The molecule has 0 atom stereocenters. The molecule has 106 valence electrons. The average Bonchev–Trinajstić information content (AvgIpc) is 2.46. The fraction of sp³-hybridized carbons (Fsp3) is 0.200. The van der Waals surface area contributed by atoms with E-state index in [1.54, 1.807) is 38.4 Å². The number of rotatable bonds is 4. The van der Waals surface area contributed by atoms with E-state index in [0.717, 1.165) is 12.1 Å². The summed E-state index contributed by atoms with van der Waals surface area (Å²) in [6.07, 6.45) is 0. The lowest BCUT2D eigenvalue weighted by molar-refractivity contribution is 0.280. The van der Waals surface area contributed by atoms with Gasteiger partial charge in [0.15, 0.2) is 0 Å². The number of hydrogen-bond acceptors (Lipinski definition) is 3. The van der Waals surface area contributed by atoms with E-state index in [-0.39, 0.29) is 11.3 Å². The highest BCUT2D eigenvalue weighted by atomic mass is 19.1. The molecule has 0 aliphatic carbocycles. The first kappa shape index (κ1) is 14.3. The molecule has 0 saturated carbocycles. The third kappa shape index (κ3) is 2.72. The van der Waals surface area contributed by atoms with Gasteiger partial charge >= 0.3 is 0 Å². The molecule has 0 saturated heterocycles. The number of halogens is 2. The maximum absolute atomic E-state index is 14.0. The van der Waals surface area contributed by atoms with Gasteiger partial charge in [0.25, 0.3) is 0 Å². The van der Waals surface area contributed by atoms with Crippen molar-refractivity contribution in [3.05, 3.63) is 53.6 Å². The van der Waals surface area contributed by atoms with Gasteiger partial charge in [0.2, 0.25) is 0 Å². The Balaban J connectivity index is 2.39. The normalized spacial score (nSPS) is 10.4. The summed E-state index contributed by atoms with van der Waals surface area (Å²) in [5.41, 5.74) is 0.666. The third-order valence-corrected chi connectivity index (χ3v) is 3.05. The van der Waals surface area contributed by atoms with Crippen LogP contribution in [-0.2, 0) is 6.61 Å². The SMILES string of the molecule is COc1ccc(N(C)c2c(F)cc(CO)cc2F)cc1. The van der Waals surface area contributed by atoms with Crippen LogP contribution in [0.4, 0.5) is 20.2 Å². The van der Waals surface area contributed by atoms with Crippen LogP contribution in [0.1, 0.15) is 5.56 Å². The van der Waals surface area contributed by atoms with Gasteiger partial charge < -0.3 is 14.7 Å². The number of anilines is 2. The molecular formula is C15H15F2NO2. The second kappa shape index (κ2) is 5.88. The van der Waals surface area contributed by atoms with E-state index in [1.165, 1.54) is 4.90 Å². The number of nitrogens with zero attached hydrogens (tertiary/aromatic N) is 1. The lowest BCUT2D eigenvalue weighted by atomic mass is 10.1. The Hall–Kier alpha value is -2.14. The van der Waals surface area contributed by atoms with Gasteiger partial charge in [-0.1, -0.05) is 0 Å². The first-order valence-corrected chi connectivity index (χ1v) is 6.03. The van der Waals surface area contributed by atoms with Crippen molar-refractivity contribution in [2.24, 2.45) is 0 Å². The quantitative estimate of drug-likeness (QED) is 0.932. The average molecular weight is 279 g/mol. The largest absolute Gasteiger partial charge is 0.497 e. The minimum atomic E-state index is -0.715. The summed E-state index contributed by atoms with van der Waals surface area (Å²) in [7, 11) is 3.12. The Morgan fingerprint density at radius 3 is 2.10 bits per heavy atom. The highest BCUT2D eigenvalue weighted by molar-refractivity contribution is 5.64. The molecule has 0 heterocycles. The number of hydrogen-bond donors (Lipinski definition) is 1. The number of aliphatic hydroxyl groups is 1. The maximum Gasteiger partial charge on any atom is 0.150 e. The van der Waals surface area contributed by atoms with Crippen molar-refractivity contribution in [2.75, 3.05) is 19.1 Å². The Morgan fingerprint density at radius 1 is 1.10 bits per heavy atom. The summed E-state index contributed by atoms with van der Waals surface area (Å²) >= 11 is 0. The maximum atomic E-state index is 14.0.